The molecule has 0 radical (unpaired) electrons. The largest absolute Gasteiger partial charge is 0.452 e. The standard InChI is InChI=1S/C19H24N2O5S/c1-4-9-20-18(22)13-26-19(23)16-5-7-17(8-6-16)27(24,25)21-11-14(2)10-15(3)12-21/h1,5-8,14-15H,9-13H2,2-3H3,(H,20,22)/t14-,15+. The Hall–Kier alpha value is -2.37. The van der Waals surface area contributed by atoms with E-state index in [4.69, 9.17) is 11.2 Å². The molecule has 27 heavy (non-hydrogen) atoms. The summed E-state index contributed by atoms with van der Waals surface area (Å²) < 4.78 is 32.0. The lowest BCUT2D eigenvalue weighted by Crippen LogP contribution is -2.42. The van der Waals surface area contributed by atoms with E-state index < -0.39 is 28.5 Å². The Morgan fingerprint density at radius 3 is 2.37 bits per heavy atom. The summed E-state index contributed by atoms with van der Waals surface area (Å²) in [5.74, 6) is 1.63. The SMILES string of the molecule is C#CCNC(=O)COC(=O)c1ccc(S(=O)(=O)N2C[C@H](C)C[C@H](C)C2)cc1. The Balaban J connectivity index is 2.02. The summed E-state index contributed by atoms with van der Waals surface area (Å²) in [6.45, 7) is 4.65. The Kier molecular flexibility index (Phi) is 6.99. The van der Waals surface area contributed by atoms with Gasteiger partial charge in [0.25, 0.3) is 5.91 Å². The number of sulfonamides is 1. The maximum Gasteiger partial charge on any atom is 0.338 e. The van der Waals surface area contributed by atoms with Gasteiger partial charge in [-0.15, -0.1) is 6.42 Å². The van der Waals surface area contributed by atoms with Gasteiger partial charge in [0.2, 0.25) is 10.0 Å². The fourth-order valence-electron chi connectivity index (χ4n) is 3.13. The Morgan fingerprint density at radius 2 is 1.81 bits per heavy atom. The molecule has 0 saturated carbocycles. The lowest BCUT2D eigenvalue weighted by Gasteiger charge is -2.34. The molecule has 1 heterocycles. The van der Waals surface area contributed by atoms with Crippen molar-refractivity contribution in [3.8, 4) is 12.3 Å². The lowest BCUT2D eigenvalue weighted by molar-refractivity contribution is -0.123. The highest BCUT2D eigenvalue weighted by Crippen LogP contribution is 2.26. The molecule has 0 spiro atoms. The molecule has 1 aliphatic heterocycles. The number of hydrogen-bond acceptors (Lipinski definition) is 5. The van der Waals surface area contributed by atoms with E-state index in [1.54, 1.807) is 0 Å². The molecule has 8 heteroatoms. The molecule has 1 saturated heterocycles. The zero-order valence-corrected chi connectivity index (χ0v) is 16.3. The molecule has 1 aromatic rings. The molecule has 2 atom stereocenters. The molecule has 1 amide bonds. The van der Waals surface area contributed by atoms with Crippen molar-refractivity contribution in [1.29, 1.82) is 0 Å². The lowest BCUT2D eigenvalue weighted by atomic mass is 9.94. The Bertz CT molecular complexity index is 817. The second-order valence-electron chi connectivity index (χ2n) is 6.85. The number of amides is 1. The summed E-state index contributed by atoms with van der Waals surface area (Å²) in [5, 5.41) is 2.37. The first-order valence-corrected chi connectivity index (χ1v) is 10.2. The highest BCUT2D eigenvalue weighted by Gasteiger charge is 2.31. The first-order chi connectivity index (χ1) is 12.7. The van der Waals surface area contributed by atoms with Crippen molar-refractivity contribution >= 4 is 21.9 Å². The van der Waals surface area contributed by atoms with E-state index in [0.29, 0.717) is 24.9 Å². The number of nitrogens with one attached hydrogen (secondary N) is 1. The number of carbonyl (C=O) groups is 2. The van der Waals surface area contributed by atoms with Crippen LogP contribution in [0.15, 0.2) is 29.2 Å². The van der Waals surface area contributed by atoms with Crippen LogP contribution < -0.4 is 5.32 Å². The van der Waals surface area contributed by atoms with Gasteiger partial charge in [0.05, 0.1) is 17.0 Å². The van der Waals surface area contributed by atoms with E-state index in [1.807, 2.05) is 13.8 Å². The second-order valence-corrected chi connectivity index (χ2v) is 8.79. The molecular formula is C19H24N2O5S. The summed E-state index contributed by atoms with van der Waals surface area (Å²) in [5.41, 5.74) is 0.166. The minimum Gasteiger partial charge on any atom is -0.452 e. The van der Waals surface area contributed by atoms with E-state index in [9.17, 15) is 18.0 Å². The average molecular weight is 392 g/mol. The van der Waals surface area contributed by atoms with Gasteiger partial charge < -0.3 is 10.1 Å². The van der Waals surface area contributed by atoms with Gasteiger partial charge >= 0.3 is 5.97 Å². The third kappa shape index (κ3) is 5.55. The van der Waals surface area contributed by atoms with Gasteiger partial charge in [-0.3, -0.25) is 4.79 Å². The molecule has 0 aromatic heterocycles. The number of nitrogens with zero attached hydrogens (tertiary/aromatic N) is 1. The van der Waals surface area contributed by atoms with Crippen LogP contribution in [0.5, 0.6) is 0 Å². The van der Waals surface area contributed by atoms with Crippen molar-refractivity contribution in [3.63, 3.8) is 0 Å². The average Bonchev–Trinajstić information content (AvgIpc) is 2.63. The van der Waals surface area contributed by atoms with E-state index >= 15 is 0 Å². The van der Waals surface area contributed by atoms with Crippen LogP contribution in [-0.2, 0) is 19.6 Å². The molecule has 1 aromatic carbocycles. The molecule has 2 rings (SSSR count). The summed E-state index contributed by atoms with van der Waals surface area (Å²) in [6, 6.07) is 5.53. The van der Waals surface area contributed by atoms with Gasteiger partial charge in [0.1, 0.15) is 0 Å². The van der Waals surface area contributed by atoms with Gasteiger partial charge in [-0.2, -0.15) is 4.31 Å². The Labute approximate surface area is 160 Å². The van der Waals surface area contributed by atoms with Gasteiger partial charge in [-0.25, -0.2) is 13.2 Å². The fraction of sp³-hybridized carbons (Fsp3) is 0.474. The molecule has 7 nitrogen and oxygen atoms in total. The third-order valence-corrected chi connectivity index (χ3v) is 6.13. The van der Waals surface area contributed by atoms with Gasteiger partial charge in [-0.05, 0) is 42.5 Å². The minimum absolute atomic E-state index is 0.0523. The fourth-order valence-corrected chi connectivity index (χ4v) is 4.81. The molecule has 0 bridgehead atoms. The van der Waals surface area contributed by atoms with Crippen LogP contribution in [0.25, 0.3) is 0 Å². The van der Waals surface area contributed by atoms with Crippen LogP contribution in [0.2, 0.25) is 0 Å². The third-order valence-electron chi connectivity index (χ3n) is 4.29. The minimum atomic E-state index is -3.61. The van der Waals surface area contributed by atoms with Gasteiger partial charge in [-0.1, -0.05) is 19.8 Å². The van der Waals surface area contributed by atoms with E-state index in [-0.39, 0.29) is 17.0 Å². The zero-order valence-electron chi connectivity index (χ0n) is 15.5. The number of ether oxygens (including phenoxy) is 1. The number of rotatable bonds is 6. The van der Waals surface area contributed by atoms with Crippen molar-refractivity contribution in [3.05, 3.63) is 29.8 Å². The Morgan fingerprint density at radius 1 is 1.22 bits per heavy atom. The number of benzene rings is 1. The van der Waals surface area contributed by atoms with Gasteiger partial charge in [0, 0.05) is 13.1 Å². The van der Waals surface area contributed by atoms with E-state index in [2.05, 4.69) is 11.2 Å². The monoisotopic (exact) mass is 392 g/mol. The van der Waals surface area contributed by atoms with Crippen LogP contribution in [0.1, 0.15) is 30.6 Å². The van der Waals surface area contributed by atoms with Crippen LogP contribution in [0, 0.1) is 24.2 Å². The van der Waals surface area contributed by atoms with Crippen molar-refractivity contribution < 1.29 is 22.7 Å². The molecule has 1 N–H and O–H groups in total. The van der Waals surface area contributed by atoms with E-state index in [0.717, 1.165) is 6.42 Å². The highest BCUT2D eigenvalue weighted by atomic mass is 32.2. The van der Waals surface area contributed by atoms with Crippen molar-refractivity contribution in [1.82, 2.24) is 9.62 Å². The van der Waals surface area contributed by atoms with Crippen LogP contribution in [0.3, 0.4) is 0 Å². The number of terminal acetylenes is 1. The van der Waals surface area contributed by atoms with Crippen molar-refractivity contribution in [2.24, 2.45) is 11.8 Å². The molecule has 0 aliphatic carbocycles. The van der Waals surface area contributed by atoms with Crippen molar-refractivity contribution in [2.75, 3.05) is 26.2 Å². The number of hydrogen-bond donors (Lipinski definition) is 1. The zero-order chi connectivity index (χ0) is 20.0. The van der Waals surface area contributed by atoms with Crippen LogP contribution in [0.4, 0.5) is 0 Å². The molecule has 1 aliphatic rings. The van der Waals surface area contributed by atoms with Crippen LogP contribution >= 0.6 is 0 Å². The summed E-state index contributed by atoms with van der Waals surface area (Å²) in [4.78, 5) is 23.5. The number of carbonyl (C=O) groups excluding carboxylic acids is 2. The maximum atomic E-state index is 12.8. The van der Waals surface area contributed by atoms with Crippen molar-refractivity contribution in [2.45, 2.75) is 25.2 Å². The maximum absolute atomic E-state index is 12.8. The van der Waals surface area contributed by atoms with Gasteiger partial charge in [0.15, 0.2) is 6.61 Å². The van der Waals surface area contributed by atoms with E-state index in [1.165, 1.54) is 28.6 Å². The smallest absolute Gasteiger partial charge is 0.338 e. The first kappa shape index (κ1) is 20.9. The molecular weight excluding hydrogens is 368 g/mol. The number of piperidine rings is 1. The highest BCUT2D eigenvalue weighted by molar-refractivity contribution is 7.89. The quantitative estimate of drug-likeness (QED) is 0.581. The predicted octanol–water partition coefficient (Wildman–Crippen LogP) is 1.26. The topological polar surface area (TPSA) is 92.8 Å². The second kappa shape index (κ2) is 9.02. The first-order valence-electron chi connectivity index (χ1n) is 8.71. The summed E-state index contributed by atoms with van der Waals surface area (Å²) in [6.07, 6.45) is 6.02. The summed E-state index contributed by atoms with van der Waals surface area (Å²) in [7, 11) is -3.61. The molecule has 0 unspecified atom stereocenters. The predicted molar refractivity (Wildman–Crippen MR) is 100 cm³/mol. The summed E-state index contributed by atoms with van der Waals surface area (Å²) >= 11 is 0. The number of esters is 1. The molecule has 146 valence electrons. The van der Waals surface area contributed by atoms with Crippen LogP contribution in [-0.4, -0.2) is 50.8 Å². The normalized spacial score (nSPS) is 20.5. The molecule has 1 fully saturated rings.